The number of aromatic nitrogens is 3. The van der Waals surface area contributed by atoms with Gasteiger partial charge in [-0.05, 0) is 31.9 Å². The number of piperazine rings is 1. The second-order valence-electron chi connectivity index (χ2n) is 7.69. The van der Waals surface area contributed by atoms with Crippen molar-refractivity contribution >= 4 is 17.6 Å². The Morgan fingerprint density at radius 2 is 1.59 bits per heavy atom. The van der Waals surface area contributed by atoms with Gasteiger partial charge in [-0.25, -0.2) is 9.97 Å². The predicted octanol–water partition coefficient (Wildman–Crippen LogP) is 3.64. The molecule has 6 nitrogen and oxygen atoms in total. The van der Waals surface area contributed by atoms with Crippen molar-refractivity contribution in [1.29, 1.82) is 0 Å². The smallest absolute Gasteiger partial charge is 0.225 e. The number of rotatable bonds is 4. The summed E-state index contributed by atoms with van der Waals surface area (Å²) < 4.78 is 0. The van der Waals surface area contributed by atoms with E-state index >= 15 is 0 Å². The average molecular weight is 367 g/mol. The van der Waals surface area contributed by atoms with E-state index in [2.05, 4.69) is 44.1 Å². The standard InChI is InChI=1S/C21H30N6/c1-17-16-20(25-21(23-17)24-18-8-4-2-3-5-9-18)27-14-12-26(13-15-27)19-10-6-7-11-22-19/h6-7,10-11,16,18H,2-5,8-9,12-15H2,1H3,(H,23,24,25). The van der Waals surface area contributed by atoms with E-state index in [9.17, 15) is 0 Å². The molecule has 0 amide bonds. The van der Waals surface area contributed by atoms with Gasteiger partial charge in [-0.1, -0.05) is 31.7 Å². The lowest BCUT2D eigenvalue weighted by Gasteiger charge is -2.36. The fraction of sp³-hybridized carbons (Fsp3) is 0.571. The van der Waals surface area contributed by atoms with Gasteiger partial charge >= 0.3 is 0 Å². The molecule has 0 atom stereocenters. The molecule has 0 aromatic carbocycles. The van der Waals surface area contributed by atoms with Gasteiger partial charge in [0, 0.05) is 50.2 Å². The summed E-state index contributed by atoms with van der Waals surface area (Å²) >= 11 is 0. The maximum absolute atomic E-state index is 4.85. The third-order valence-corrected chi connectivity index (χ3v) is 5.61. The molecule has 0 spiro atoms. The minimum Gasteiger partial charge on any atom is -0.353 e. The molecular formula is C21H30N6. The molecule has 2 aromatic heterocycles. The molecule has 0 bridgehead atoms. The molecule has 2 aliphatic rings. The first-order valence-corrected chi connectivity index (χ1v) is 10.3. The van der Waals surface area contributed by atoms with Crippen LogP contribution in [0.5, 0.6) is 0 Å². The van der Waals surface area contributed by atoms with Crippen molar-refractivity contribution in [3.8, 4) is 0 Å². The van der Waals surface area contributed by atoms with Gasteiger partial charge in [-0.3, -0.25) is 0 Å². The zero-order chi connectivity index (χ0) is 18.5. The van der Waals surface area contributed by atoms with Gasteiger partial charge in [0.05, 0.1) is 0 Å². The molecule has 0 unspecified atom stereocenters. The van der Waals surface area contributed by atoms with Gasteiger partial charge in [0.1, 0.15) is 11.6 Å². The van der Waals surface area contributed by atoms with E-state index in [-0.39, 0.29) is 0 Å². The first-order valence-electron chi connectivity index (χ1n) is 10.3. The normalized spacial score (nSPS) is 19.0. The Balaban J connectivity index is 1.41. The van der Waals surface area contributed by atoms with Crippen LogP contribution >= 0.6 is 0 Å². The Morgan fingerprint density at radius 3 is 2.26 bits per heavy atom. The van der Waals surface area contributed by atoms with Gasteiger partial charge in [-0.15, -0.1) is 0 Å². The summed E-state index contributed by atoms with van der Waals surface area (Å²) in [7, 11) is 0. The summed E-state index contributed by atoms with van der Waals surface area (Å²) in [5.41, 5.74) is 1.03. The van der Waals surface area contributed by atoms with Crippen molar-refractivity contribution < 1.29 is 0 Å². The van der Waals surface area contributed by atoms with Crippen LogP contribution < -0.4 is 15.1 Å². The van der Waals surface area contributed by atoms with Crippen LogP contribution in [0.1, 0.15) is 44.2 Å². The van der Waals surface area contributed by atoms with E-state index in [1.54, 1.807) is 0 Å². The Hall–Kier alpha value is -2.37. The van der Waals surface area contributed by atoms with Crippen LogP contribution in [0.4, 0.5) is 17.6 Å². The lowest BCUT2D eigenvalue weighted by atomic mass is 10.1. The summed E-state index contributed by atoms with van der Waals surface area (Å²) in [6.45, 7) is 5.90. The second kappa shape index (κ2) is 8.55. The maximum Gasteiger partial charge on any atom is 0.225 e. The Labute approximate surface area is 162 Å². The number of aryl methyl sites for hydroxylation is 1. The summed E-state index contributed by atoms with van der Waals surface area (Å²) in [5, 5.41) is 3.61. The number of nitrogens with zero attached hydrogens (tertiary/aromatic N) is 5. The van der Waals surface area contributed by atoms with E-state index in [1.807, 2.05) is 18.3 Å². The molecule has 6 heteroatoms. The third kappa shape index (κ3) is 4.67. The van der Waals surface area contributed by atoms with Crippen molar-refractivity contribution in [3.05, 3.63) is 36.2 Å². The molecule has 1 aliphatic carbocycles. The quantitative estimate of drug-likeness (QED) is 0.834. The van der Waals surface area contributed by atoms with E-state index in [1.165, 1.54) is 38.5 Å². The van der Waals surface area contributed by atoms with Crippen molar-refractivity contribution in [1.82, 2.24) is 15.0 Å². The molecule has 3 heterocycles. The molecular weight excluding hydrogens is 336 g/mol. The summed E-state index contributed by atoms with van der Waals surface area (Å²) in [5.74, 6) is 2.90. The highest BCUT2D eigenvalue weighted by molar-refractivity contribution is 5.48. The third-order valence-electron chi connectivity index (χ3n) is 5.61. The lowest BCUT2D eigenvalue weighted by molar-refractivity contribution is 0.612. The molecule has 144 valence electrons. The molecule has 0 radical (unpaired) electrons. The van der Waals surface area contributed by atoms with Gasteiger partial charge in [0.15, 0.2) is 0 Å². The molecule has 1 N–H and O–H groups in total. The predicted molar refractivity (Wildman–Crippen MR) is 111 cm³/mol. The molecule has 1 aliphatic heterocycles. The number of pyridine rings is 1. The molecule has 4 rings (SSSR count). The lowest BCUT2D eigenvalue weighted by Crippen LogP contribution is -2.47. The maximum atomic E-state index is 4.85. The zero-order valence-electron chi connectivity index (χ0n) is 16.3. The number of anilines is 3. The van der Waals surface area contributed by atoms with Crippen LogP contribution in [0.15, 0.2) is 30.5 Å². The Morgan fingerprint density at radius 1 is 0.889 bits per heavy atom. The Kier molecular flexibility index (Phi) is 5.70. The summed E-state index contributed by atoms with van der Waals surface area (Å²) in [4.78, 5) is 18.7. The molecule has 27 heavy (non-hydrogen) atoms. The topological polar surface area (TPSA) is 57.2 Å². The first kappa shape index (κ1) is 18.0. The second-order valence-corrected chi connectivity index (χ2v) is 7.69. The monoisotopic (exact) mass is 366 g/mol. The van der Waals surface area contributed by atoms with Crippen LogP contribution in [-0.2, 0) is 0 Å². The summed E-state index contributed by atoms with van der Waals surface area (Å²) in [6.07, 6.45) is 9.67. The first-order chi connectivity index (χ1) is 13.3. The van der Waals surface area contributed by atoms with E-state index < -0.39 is 0 Å². The van der Waals surface area contributed by atoms with Crippen molar-refractivity contribution in [3.63, 3.8) is 0 Å². The highest BCUT2D eigenvalue weighted by atomic mass is 15.3. The number of nitrogens with one attached hydrogen (secondary N) is 1. The number of hydrogen-bond acceptors (Lipinski definition) is 6. The van der Waals surface area contributed by atoms with Gasteiger partial charge in [-0.2, -0.15) is 4.98 Å². The number of hydrogen-bond donors (Lipinski definition) is 1. The highest BCUT2D eigenvalue weighted by Gasteiger charge is 2.20. The molecule has 2 aromatic rings. The van der Waals surface area contributed by atoms with Crippen LogP contribution in [0.2, 0.25) is 0 Å². The molecule has 2 fully saturated rings. The highest BCUT2D eigenvalue weighted by Crippen LogP contribution is 2.22. The SMILES string of the molecule is Cc1cc(N2CCN(c3ccccn3)CC2)nc(NC2CCCCCC2)n1. The van der Waals surface area contributed by atoms with Crippen LogP contribution in [0, 0.1) is 6.92 Å². The van der Waals surface area contributed by atoms with E-state index in [0.29, 0.717) is 6.04 Å². The molecule has 1 saturated carbocycles. The minimum atomic E-state index is 0.517. The van der Waals surface area contributed by atoms with E-state index in [0.717, 1.165) is 49.5 Å². The average Bonchev–Trinajstić information content (AvgIpc) is 2.97. The Bertz CT molecular complexity index is 719. The van der Waals surface area contributed by atoms with Crippen molar-refractivity contribution in [2.24, 2.45) is 0 Å². The van der Waals surface area contributed by atoms with Gasteiger partial charge in [0.2, 0.25) is 5.95 Å². The fourth-order valence-corrected chi connectivity index (χ4v) is 4.09. The van der Waals surface area contributed by atoms with Crippen LogP contribution in [-0.4, -0.2) is 47.2 Å². The zero-order valence-corrected chi connectivity index (χ0v) is 16.3. The van der Waals surface area contributed by atoms with E-state index in [4.69, 9.17) is 4.98 Å². The largest absolute Gasteiger partial charge is 0.353 e. The minimum absolute atomic E-state index is 0.517. The van der Waals surface area contributed by atoms with Crippen molar-refractivity contribution in [2.75, 3.05) is 41.3 Å². The fourth-order valence-electron chi connectivity index (χ4n) is 4.09. The molecule has 1 saturated heterocycles. The van der Waals surface area contributed by atoms with Gasteiger partial charge < -0.3 is 15.1 Å². The van der Waals surface area contributed by atoms with Crippen molar-refractivity contribution in [2.45, 2.75) is 51.5 Å². The summed E-state index contributed by atoms with van der Waals surface area (Å²) in [6, 6.07) is 8.72. The van der Waals surface area contributed by atoms with Gasteiger partial charge in [0.25, 0.3) is 0 Å². The van der Waals surface area contributed by atoms with Crippen LogP contribution in [0.25, 0.3) is 0 Å². The van der Waals surface area contributed by atoms with Crippen LogP contribution in [0.3, 0.4) is 0 Å².